The van der Waals surface area contributed by atoms with E-state index in [0.717, 1.165) is 6.42 Å². The molecule has 0 saturated heterocycles. The van der Waals surface area contributed by atoms with Crippen LogP contribution >= 0.6 is 24.0 Å². The third-order valence-corrected chi connectivity index (χ3v) is 2.65. The van der Waals surface area contributed by atoms with E-state index < -0.39 is 4.92 Å². The molecular formula is C10H15Cl2N3O2. The van der Waals surface area contributed by atoms with E-state index in [4.69, 9.17) is 23.1 Å². The number of nitrogens with two attached hydrogens (primary N) is 2. The molecule has 0 saturated carbocycles. The van der Waals surface area contributed by atoms with E-state index in [1.54, 1.807) is 0 Å². The molecule has 0 aliphatic rings. The van der Waals surface area contributed by atoms with E-state index in [0.29, 0.717) is 23.6 Å². The molecule has 17 heavy (non-hydrogen) atoms. The van der Waals surface area contributed by atoms with Crippen LogP contribution in [-0.4, -0.2) is 11.5 Å². The van der Waals surface area contributed by atoms with Crippen LogP contribution in [0.25, 0.3) is 0 Å². The van der Waals surface area contributed by atoms with Crippen LogP contribution in [0.5, 0.6) is 0 Å². The number of nitro benzene ring substituents is 1. The number of benzene rings is 1. The lowest BCUT2D eigenvalue weighted by Crippen LogP contribution is -2.13. The van der Waals surface area contributed by atoms with Crippen molar-refractivity contribution in [2.24, 2.45) is 11.5 Å². The number of nitrogens with zero attached hydrogens (tertiary/aromatic N) is 1. The molecule has 0 aliphatic carbocycles. The van der Waals surface area contributed by atoms with Gasteiger partial charge < -0.3 is 11.5 Å². The maximum absolute atomic E-state index is 10.6. The summed E-state index contributed by atoms with van der Waals surface area (Å²) in [5, 5.41) is 11.1. The van der Waals surface area contributed by atoms with Gasteiger partial charge in [0.1, 0.15) is 0 Å². The van der Waals surface area contributed by atoms with Gasteiger partial charge in [0.15, 0.2) is 0 Å². The highest BCUT2D eigenvalue weighted by atomic mass is 35.5. The molecule has 4 N–H and O–H groups in total. The van der Waals surface area contributed by atoms with Gasteiger partial charge in [-0.25, -0.2) is 0 Å². The normalized spacial score (nSPS) is 11.7. The lowest BCUT2D eigenvalue weighted by Gasteiger charge is -2.12. The molecule has 0 aliphatic heterocycles. The Morgan fingerprint density at radius 1 is 1.47 bits per heavy atom. The first-order chi connectivity index (χ1) is 7.56. The average molecular weight is 280 g/mol. The molecule has 1 aromatic carbocycles. The van der Waals surface area contributed by atoms with Crippen LogP contribution in [0.2, 0.25) is 5.02 Å². The van der Waals surface area contributed by atoms with Gasteiger partial charge in [-0.2, -0.15) is 0 Å². The van der Waals surface area contributed by atoms with Crippen LogP contribution in [0, 0.1) is 10.1 Å². The third kappa shape index (κ3) is 4.47. The van der Waals surface area contributed by atoms with Crippen molar-refractivity contribution in [2.75, 3.05) is 6.54 Å². The van der Waals surface area contributed by atoms with Gasteiger partial charge in [0.05, 0.1) is 4.92 Å². The molecule has 1 atom stereocenters. The summed E-state index contributed by atoms with van der Waals surface area (Å²) in [6.45, 7) is 0.542. The highest BCUT2D eigenvalue weighted by molar-refractivity contribution is 6.31. The molecule has 0 radical (unpaired) electrons. The van der Waals surface area contributed by atoms with Gasteiger partial charge in [-0.3, -0.25) is 10.1 Å². The second-order valence-corrected chi connectivity index (χ2v) is 3.91. The van der Waals surface area contributed by atoms with Crippen molar-refractivity contribution in [2.45, 2.75) is 18.9 Å². The Morgan fingerprint density at radius 3 is 2.65 bits per heavy atom. The number of hydrogen-bond acceptors (Lipinski definition) is 4. The van der Waals surface area contributed by atoms with Crippen molar-refractivity contribution < 1.29 is 4.92 Å². The minimum Gasteiger partial charge on any atom is -0.330 e. The van der Waals surface area contributed by atoms with Gasteiger partial charge in [0.25, 0.3) is 5.69 Å². The SMILES string of the molecule is Cl.NCCC[C@@H](N)c1cc([N+](=O)[O-])ccc1Cl. The van der Waals surface area contributed by atoms with Gasteiger partial charge in [-0.05, 0) is 31.0 Å². The quantitative estimate of drug-likeness (QED) is 0.639. The fourth-order valence-electron chi connectivity index (χ4n) is 1.42. The van der Waals surface area contributed by atoms with E-state index in [-0.39, 0.29) is 24.1 Å². The monoisotopic (exact) mass is 279 g/mol. The number of non-ortho nitro benzene ring substituents is 1. The Hall–Kier alpha value is -0.880. The molecule has 1 rings (SSSR count). The summed E-state index contributed by atoms with van der Waals surface area (Å²) < 4.78 is 0. The lowest BCUT2D eigenvalue weighted by atomic mass is 10.0. The average Bonchev–Trinajstić information content (AvgIpc) is 2.26. The maximum atomic E-state index is 10.6. The summed E-state index contributed by atoms with van der Waals surface area (Å²) in [6.07, 6.45) is 1.43. The van der Waals surface area contributed by atoms with Gasteiger partial charge >= 0.3 is 0 Å². The van der Waals surface area contributed by atoms with Gasteiger partial charge in [0, 0.05) is 23.2 Å². The molecule has 0 amide bonds. The summed E-state index contributed by atoms with van der Waals surface area (Å²) >= 11 is 5.94. The lowest BCUT2D eigenvalue weighted by molar-refractivity contribution is -0.384. The fraction of sp³-hybridized carbons (Fsp3) is 0.400. The van der Waals surface area contributed by atoms with Crippen LogP contribution in [-0.2, 0) is 0 Å². The van der Waals surface area contributed by atoms with Crippen LogP contribution in [0.1, 0.15) is 24.4 Å². The topological polar surface area (TPSA) is 95.2 Å². The predicted octanol–water partition coefficient (Wildman–Crippen LogP) is 2.41. The van der Waals surface area contributed by atoms with Gasteiger partial charge in [-0.15, -0.1) is 12.4 Å². The van der Waals surface area contributed by atoms with E-state index in [2.05, 4.69) is 0 Å². The van der Waals surface area contributed by atoms with Crippen LogP contribution < -0.4 is 11.5 Å². The Labute approximate surface area is 111 Å². The van der Waals surface area contributed by atoms with Crippen molar-refractivity contribution in [3.63, 3.8) is 0 Å². The summed E-state index contributed by atoms with van der Waals surface area (Å²) in [5.74, 6) is 0. The molecule has 96 valence electrons. The molecule has 0 unspecified atom stereocenters. The van der Waals surface area contributed by atoms with Crippen LogP contribution in [0.15, 0.2) is 18.2 Å². The Bertz CT molecular complexity index is 388. The second kappa shape index (κ2) is 7.45. The second-order valence-electron chi connectivity index (χ2n) is 3.50. The molecule has 0 heterocycles. The maximum Gasteiger partial charge on any atom is 0.269 e. The minimum absolute atomic E-state index is 0. The van der Waals surface area contributed by atoms with Gasteiger partial charge in [0.2, 0.25) is 0 Å². The number of rotatable bonds is 5. The van der Waals surface area contributed by atoms with E-state index in [1.165, 1.54) is 18.2 Å². The largest absolute Gasteiger partial charge is 0.330 e. The molecule has 0 fully saturated rings. The molecule has 1 aromatic rings. The fourth-order valence-corrected chi connectivity index (χ4v) is 1.68. The summed E-state index contributed by atoms with van der Waals surface area (Å²) in [7, 11) is 0. The number of nitro groups is 1. The summed E-state index contributed by atoms with van der Waals surface area (Å²) in [5.41, 5.74) is 11.9. The molecule has 0 spiro atoms. The van der Waals surface area contributed by atoms with Crippen molar-refractivity contribution >= 4 is 29.7 Å². The Kier molecular flexibility index (Phi) is 7.06. The number of halogens is 2. The molecular weight excluding hydrogens is 265 g/mol. The number of hydrogen-bond donors (Lipinski definition) is 2. The Balaban J connectivity index is 0.00000256. The van der Waals surface area contributed by atoms with E-state index in [9.17, 15) is 10.1 Å². The molecule has 0 bridgehead atoms. The minimum atomic E-state index is -0.463. The summed E-state index contributed by atoms with van der Waals surface area (Å²) in [6, 6.07) is 3.97. The van der Waals surface area contributed by atoms with Gasteiger partial charge in [-0.1, -0.05) is 11.6 Å². The first-order valence-corrected chi connectivity index (χ1v) is 5.33. The highest BCUT2D eigenvalue weighted by Gasteiger charge is 2.14. The predicted molar refractivity (Wildman–Crippen MR) is 70.6 cm³/mol. The van der Waals surface area contributed by atoms with Crippen molar-refractivity contribution in [3.8, 4) is 0 Å². The zero-order chi connectivity index (χ0) is 12.1. The van der Waals surface area contributed by atoms with Crippen molar-refractivity contribution in [3.05, 3.63) is 38.9 Å². The third-order valence-electron chi connectivity index (χ3n) is 2.31. The van der Waals surface area contributed by atoms with Crippen molar-refractivity contribution in [1.29, 1.82) is 0 Å². The molecule has 7 heteroatoms. The molecule has 5 nitrogen and oxygen atoms in total. The van der Waals surface area contributed by atoms with Crippen LogP contribution in [0.3, 0.4) is 0 Å². The highest BCUT2D eigenvalue weighted by Crippen LogP contribution is 2.28. The first-order valence-electron chi connectivity index (χ1n) is 4.95. The van der Waals surface area contributed by atoms with E-state index in [1.807, 2.05) is 0 Å². The Morgan fingerprint density at radius 2 is 2.12 bits per heavy atom. The van der Waals surface area contributed by atoms with Crippen LogP contribution in [0.4, 0.5) is 5.69 Å². The smallest absolute Gasteiger partial charge is 0.269 e. The zero-order valence-corrected chi connectivity index (χ0v) is 10.7. The molecule has 0 aromatic heterocycles. The summed E-state index contributed by atoms with van der Waals surface area (Å²) in [4.78, 5) is 10.1. The zero-order valence-electron chi connectivity index (χ0n) is 9.14. The first kappa shape index (κ1) is 16.1. The standard InChI is InChI=1S/C10H14ClN3O2.ClH/c11-9-4-3-7(14(15)16)6-8(9)10(13)2-1-5-12;/h3-4,6,10H,1-2,5,12-13H2;1H/t10-;/m1./s1. The van der Waals surface area contributed by atoms with Crippen molar-refractivity contribution in [1.82, 2.24) is 0 Å². The van der Waals surface area contributed by atoms with E-state index >= 15 is 0 Å².